The van der Waals surface area contributed by atoms with E-state index in [1.54, 1.807) is 0 Å². The van der Waals surface area contributed by atoms with Crippen LogP contribution < -0.4 is 5.32 Å². The minimum absolute atomic E-state index is 0.798. The Kier molecular flexibility index (Phi) is 5.88. The molecule has 0 aromatic heterocycles. The molecule has 0 radical (unpaired) electrons. The van der Waals surface area contributed by atoms with Crippen LogP contribution in [0.5, 0.6) is 0 Å². The van der Waals surface area contributed by atoms with Gasteiger partial charge in [-0.15, -0.1) is 0 Å². The molecule has 1 aliphatic rings. The molecule has 0 spiro atoms. The third kappa shape index (κ3) is 4.37. The number of thioether (sulfide) groups is 1. The first kappa shape index (κ1) is 11.4. The van der Waals surface area contributed by atoms with Crippen LogP contribution in [0.4, 0.5) is 0 Å². The molecule has 13 heavy (non-hydrogen) atoms. The van der Waals surface area contributed by atoms with Crippen molar-refractivity contribution in [3.63, 3.8) is 0 Å². The van der Waals surface area contributed by atoms with Gasteiger partial charge in [0.1, 0.15) is 0 Å². The molecule has 0 aliphatic carbocycles. The van der Waals surface area contributed by atoms with Crippen LogP contribution in [0.2, 0.25) is 0 Å². The maximum atomic E-state index is 3.67. The van der Waals surface area contributed by atoms with Crippen molar-refractivity contribution in [1.29, 1.82) is 0 Å². The lowest BCUT2D eigenvalue weighted by molar-refractivity contribution is 0.493. The van der Waals surface area contributed by atoms with Gasteiger partial charge in [-0.05, 0) is 25.1 Å². The summed E-state index contributed by atoms with van der Waals surface area (Å²) in [5.41, 5.74) is 0. The summed E-state index contributed by atoms with van der Waals surface area (Å²) >= 11 is 2.11. The zero-order valence-electron chi connectivity index (χ0n) is 9.01. The lowest BCUT2D eigenvalue weighted by Gasteiger charge is -2.16. The van der Waals surface area contributed by atoms with Crippen molar-refractivity contribution in [2.24, 2.45) is 0 Å². The molecule has 1 aliphatic heterocycles. The Bertz CT molecular complexity index is 127. The van der Waals surface area contributed by atoms with Crippen molar-refractivity contribution in [3.05, 3.63) is 0 Å². The second-order valence-electron chi connectivity index (χ2n) is 3.99. The van der Waals surface area contributed by atoms with Crippen LogP contribution in [-0.2, 0) is 0 Å². The predicted octanol–water partition coefficient (Wildman–Crippen LogP) is 3.05. The van der Waals surface area contributed by atoms with E-state index in [4.69, 9.17) is 0 Å². The van der Waals surface area contributed by atoms with Crippen LogP contribution in [-0.4, -0.2) is 23.6 Å². The molecule has 0 bridgehead atoms. The number of hydrogen-bond acceptors (Lipinski definition) is 2. The van der Waals surface area contributed by atoms with E-state index in [0.717, 1.165) is 11.3 Å². The van der Waals surface area contributed by atoms with Crippen LogP contribution in [0, 0.1) is 0 Å². The van der Waals surface area contributed by atoms with Gasteiger partial charge in [-0.3, -0.25) is 0 Å². The fraction of sp³-hybridized carbons (Fsp3) is 1.00. The minimum Gasteiger partial charge on any atom is -0.313 e. The average Bonchev–Trinajstić information content (AvgIpc) is 2.52. The van der Waals surface area contributed by atoms with Crippen LogP contribution in [0.15, 0.2) is 0 Å². The largest absolute Gasteiger partial charge is 0.313 e. The highest BCUT2D eigenvalue weighted by Gasteiger charge is 2.22. The average molecular weight is 201 g/mol. The number of unbranched alkanes of at least 4 members (excludes halogenated alkanes) is 3. The molecule has 1 N–H and O–H groups in total. The van der Waals surface area contributed by atoms with Crippen LogP contribution in [0.1, 0.15) is 46.0 Å². The van der Waals surface area contributed by atoms with Gasteiger partial charge >= 0.3 is 0 Å². The van der Waals surface area contributed by atoms with Crippen LogP contribution in [0.3, 0.4) is 0 Å². The summed E-state index contributed by atoms with van der Waals surface area (Å²) < 4.78 is 0. The minimum atomic E-state index is 0.798. The van der Waals surface area contributed by atoms with Gasteiger partial charge in [-0.2, -0.15) is 11.8 Å². The Labute approximate surface area is 87.1 Å². The SMILES string of the molecule is CCCCCCNC1CCSC1C. The maximum absolute atomic E-state index is 3.67. The van der Waals surface area contributed by atoms with Gasteiger partial charge in [0.15, 0.2) is 0 Å². The first-order valence-corrected chi connectivity index (χ1v) is 6.74. The van der Waals surface area contributed by atoms with E-state index in [0.29, 0.717) is 0 Å². The lowest BCUT2D eigenvalue weighted by Crippen LogP contribution is -2.33. The summed E-state index contributed by atoms with van der Waals surface area (Å²) in [6.07, 6.45) is 6.88. The highest BCUT2D eigenvalue weighted by atomic mass is 32.2. The van der Waals surface area contributed by atoms with Crippen molar-refractivity contribution < 1.29 is 0 Å². The highest BCUT2D eigenvalue weighted by Crippen LogP contribution is 2.25. The summed E-state index contributed by atoms with van der Waals surface area (Å²) in [4.78, 5) is 0. The predicted molar refractivity (Wildman–Crippen MR) is 62.5 cm³/mol. The molecule has 0 saturated carbocycles. The van der Waals surface area contributed by atoms with Crippen molar-refractivity contribution >= 4 is 11.8 Å². The Balaban J connectivity index is 1.93. The van der Waals surface area contributed by atoms with Crippen molar-refractivity contribution in [3.8, 4) is 0 Å². The summed E-state index contributed by atoms with van der Waals surface area (Å²) in [5, 5.41) is 4.51. The second kappa shape index (κ2) is 6.72. The fourth-order valence-corrected chi connectivity index (χ4v) is 3.07. The van der Waals surface area contributed by atoms with Crippen molar-refractivity contribution in [1.82, 2.24) is 5.32 Å². The molecule has 0 aromatic rings. The van der Waals surface area contributed by atoms with Crippen molar-refractivity contribution in [2.45, 2.75) is 57.2 Å². The van der Waals surface area contributed by atoms with E-state index >= 15 is 0 Å². The van der Waals surface area contributed by atoms with Gasteiger partial charge in [0, 0.05) is 11.3 Å². The Morgan fingerprint density at radius 1 is 1.31 bits per heavy atom. The third-order valence-corrected chi connectivity index (χ3v) is 4.14. The number of rotatable bonds is 6. The topological polar surface area (TPSA) is 12.0 Å². The number of hydrogen-bond donors (Lipinski definition) is 1. The summed E-state index contributed by atoms with van der Waals surface area (Å²) in [6, 6.07) is 0.798. The second-order valence-corrected chi connectivity index (χ2v) is 5.47. The zero-order valence-corrected chi connectivity index (χ0v) is 9.83. The zero-order chi connectivity index (χ0) is 9.52. The standard InChI is InChI=1S/C11H23NS/c1-3-4-5-6-8-12-11-7-9-13-10(11)2/h10-12H,3-9H2,1-2H3. The Hall–Kier alpha value is 0.310. The van der Waals surface area contributed by atoms with Gasteiger partial charge in [-0.25, -0.2) is 0 Å². The first-order chi connectivity index (χ1) is 6.34. The number of nitrogens with one attached hydrogen (secondary N) is 1. The molecular formula is C11H23NS. The molecule has 1 saturated heterocycles. The molecule has 1 rings (SSSR count). The Morgan fingerprint density at radius 2 is 2.15 bits per heavy atom. The molecule has 1 nitrogen and oxygen atoms in total. The molecule has 0 aromatic carbocycles. The van der Waals surface area contributed by atoms with E-state index < -0.39 is 0 Å². The molecule has 2 heteroatoms. The van der Waals surface area contributed by atoms with E-state index in [1.165, 1.54) is 44.4 Å². The van der Waals surface area contributed by atoms with Crippen molar-refractivity contribution in [2.75, 3.05) is 12.3 Å². The summed E-state index contributed by atoms with van der Waals surface area (Å²) in [7, 11) is 0. The lowest BCUT2D eigenvalue weighted by atomic mass is 10.1. The highest BCUT2D eigenvalue weighted by molar-refractivity contribution is 8.00. The molecule has 1 fully saturated rings. The molecule has 2 unspecified atom stereocenters. The summed E-state index contributed by atoms with van der Waals surface area (Å²) in [5.74, 6) is 1.35. The molecule has 78 valence electrons. The monoisotopic (exact) mass is 201 g/mol. The molecular weight excluding hydrogens is 178 g/mol. The van der Waals surface area contributed by atoms with Crippen LogP contribution in [0.25, 0.3) is 0 Å². The van der Waals surface area contributed by atoms with E-state index in [1.807, 2.05) is 0 Å². The van der Waals surface area contributed by atoms with Gasteiger partial charge in [0.05, 0.1) is 0 Å². The molecule has 2 atom stereocenters. The molecule has 1 heterocycles. The van der Waals surface area contributed by atoms with E-state index in [-0.39, 0.29) is 0 Å². The quantitative estimate of drug-likeness (QED) is 0.663. The van der Waals surface area contributed by atoms with Gasteiger partial charge in [0.2, 0.25) is 0 Å². The smallest absolute Gasteiger partial charge is 0.0191 e. The molecule has 0 amide bonds. The first-order valence-electron chi connectivity index (χ1n) is 5.69. The fourth-order valence-electron chi connectivity index (χ4n) is 1.84. The Morgan fingerprint density at radius 3 is 2.77 bits per heavy atom. The van der Waals surface area contributed by atoms with Gasteiger partial charge in [0.25, 0.3) is 0 Å². The normalized spacial score (nSPS) is 28.2. The summed E-state index contributed by atoms with van der Waals surface area (Å²) in [6.45, 7) is 5.85. The van der Waals surface area contributed by atoms with E-state index in [2.05, 4.69) is 30.9 Å². The van der Waals surface area contributed by atoms with Gasteiger partial charge < -0.3 is 5.32 Å². The van der Waals surface area contributed by atoms with E-state index in [9.17, 15) is 0 Å². The maximum Gasteiger partial charge on any atom is 0.0191 e. The third-order valence-electron chi connectivity index (χ3n) is 2.81. The van der Waals surface area contributed by atoms with Crippen LogP contribution >= 0.6 is 11.8 Å². The van der Waals surface area contributed by atoms with Gasteiger partial charge in [-0.1, -0.05) is 33.1 Å².